The molecular weight excluding hydrogens is 212 g/mol. The minimum absolute atomic E-state index is 0.919. The predicted molar refractivity (Wildman–Crippen MR) is 72.6 cm³/mol. The highest BCUT2D eigenvalue weighted by atomic mass is 16.5. The zero-order valence-electron chi connectivity index (χ0n) is 11.4. The third kappa shape index (κ3) is 4.75. The van der Waals surface area contributed by atoms with Gasteiger partial charge in [-0.05, 0) is 37.7 Å². The number of benzene rings is 1. The van der Waals surface area contributed by atoms with Gasteiger partial charge < -0.3 is 15.0 Å². The van der Waals surface area contributed by atoms with Gasteiger partial charge in [0.15, 0.2) is 0 Å². The van der Waals surface area contributed by atoms with Gasteiger partial charge in [0.2, 0.25) is 0 Å². The summed E-state index contributed by atoms with van der Waals surface area (Å²) >= 11 is 0. The molecule has 0 atom stereocenters. The third-order valence-corrected chi connectivity index (χ3v) is 3.00. The van der Waals surface area contributed by atoms with Crippen molar-refractivity contribution >= 4 is 0 Å². The second-order valence-corrected chi connectivity index (χ2v) is 4.38. The molecule has 1 aromatic carbocycles. The lowest BCUT2D eigenvalue weighted by Crippen LogP contribution is -2.28. The first-order valence-corrected chi connectivity index (χ1v) is 6.20. The first-order chi connectivity index (χ1) is 8.17. The molecule has 0 saturated heterocycles. The van der Waals surface area contributed by atoms with Crippen LogP contribution in [0, 0.1) is 6.92 Å². The van der Waals surface area contributed by atoms with Crippen LogP contribution in [-0.4, -0.2) is 38.7 Å². The van der Waals surface area contributed by atoms with Crippen LogP contribution in [0.2, 0.25) is 0 Å². The molecule has 0 aliphatic carbocycles. The number of nitrogens with zero attached hydrogens (tertiary/aromatic N) is 1. The number of methoxy groups -OCH3 is 1. The van der Waals surface area contributed by atoms with Gasteiger partial charge in [0.25, 0.3) is 0 Å². The van der Waals surface area contributed by atoms with Crippen LogP contribution in [0.25, 0.3) is 0 Å². The van der Waals surface area contributed by atoms with Gasteiger partial charge in [-0.2, -0.15) is 0 Å². The molecule has 0 heterocycles. The highest BCUT2D eigenvalue weighted by Crippen LogP contribution is 2.18. The summed E-state index contributed by atoms with van der Waals surface area (Å²) < 4.78 is 5.24. The van der Waals surface area contributed by atoms with E-state index in [1.807, 2.05) is 6.07 Å². The first-order valence-electron chi connectivity index (χ1n) is 6.20. The van der Waals surface area contributed by atoms with Gasteiger partial charge in [0, 0.05) is 19.6 Å². The Labute approximate surface area is 105 Å². The largest absolute Gasteiger partial charge is 0.496 e. The van der Waals surface area contributed by atoms with E-state index in [1.54, 1.807) is 7.11 Å². The van der Waals surface area contributed by atoms with E-state index >= 15 is 0 Å². The minimum Gasteiger partial charge on any atom is -0.496 e. The molecule has 0 aliphatic heterocycles. The van der Waals surface area contributed by atoms with Crippen LogP contribution >= 0.6 is 0 Å². The van der Waals surface area contributed by atoms with E-state index in [2.05, 4.69) is 43.2 Å². The Hall–Kier alpha value is -1.06. The molecule has 0 unspecified atom stereocenters. The maximum atomic E-state index is 5.24. The Morgan fingerprint density at radius 2 is 2.12 bits per heavy atom. The molecule has 1 aromatic rings. The van der Waals surface area contributed by atoms with Crippen molar-refractivity contribution in [3.05, 3.63) is 29.3 Å². The Balaban J connectivity index is 2.34. The SMILES string of the molecule is CCN(C)CCNCc1ccc(OC)c(C)c1. The molecule has 1 N–H and O–H groups in total. The highest BCUT2D eigenvalue weighted by Gasteiger charge is 2.00. The van der Waals surface area contributed by atoms with Crippen LogP contribution in [0.1, 0.15) is 18.1 Å². The second kappa shape index (κ2) is 7.30. The number of aryl methyl sites for hydroxylation is 1. The summed E-state index contributed by atoms with van der Waals surface area (Å²) in [5.41, 5.74) is 2.50. The maximum Gasteiger partial charge on any atom is 0.121 e. The first kappa shape index (κ1) is 14.0. The molecule has 3 nitrogen and oxygen atoms in total. The Bertz CT molecular complexity index is 339. The fraction of sp³-hybridized carbons (Fsp3) is 0.571. The summed E-state index contributed by atoms with van der Waals surface area (Å²) in [5.74, 6) is 0.958. The van der Waals surface area contributed by atoms with Crippen molar-refractivity contribution in [2.24, 2.45) is 0 Å². The standard InChI is InChI=1S/C14H24N2O/c1-5-16(3)9-8-15-11-13-6-7-14(17-4)12(2)10-13/h6-7,10,15H,5,8-9,11H2,1-4H3. The number of rotatable bonds is 7. The molecule has 1 rings (SSSR count). The average Bonchev–Trinajstić information content (AvgIpc) is 2.34. The fourth-order valence-corrected chi connectivity index (χ4v) is 1.71. The van der Waals surface area contributed by atoms with Gasteiger partial charge in [-0.1, -0.05) is 19.1 Å². The lowest BCUT2D eigenvalue weighted by atomic mass is 10.1. The fourth-order valence-electron chi connectivity index (χ4n) is 1.71. The molecule has 0 aliphatic rings. The molecule has 0 fully saturated rings. The van der Waals surface area contributed by atoms with E-state index in [4.69, 9.17) is 4.74 Å². The molecule has 0 amide bonds. The predicted octanol–water partition coefficient (Wildman–Crippen LogP) is 2.04. The van der Waals surface area contributed by atoms with Crippen molar-refractivity contribution in [3.8, 4) is 5.75 Å². The molecular formula is C14H24N2O. The maximum absolute atomic E-state index is 5.24. The molecule has 0 radical (unpaired) electrons. The molecule has 96 valence electrons. The average molecular weight is 236 g/mol. The van der Waals surface area contributed by atoms with Crippen LogP contribution in [0.5, 0.6) is 5.75 Å². The van der Waals surface area contributed by atoms with Gasteiger partial charge in [-0.3, -0.25) is 0 Å². The number of likely N-dealkylation sites (N-methyl/N-ethyl adjacent to an activating group) is 1. The lowest BCUT2D eigenvalue weighted by Gasteiger charge is -2.14. The Kier molecular flexibility index (Phi) is 6.01. The van der Waals surface area contributed by atoms with Crippen molar-refractivity contribution in [2.75, 3.05) is 33.8 Å². The van der Waals surface area contributed by atoms with Crippen molar-refractivity contribution in [1.82, 2.24) is 10.2 Å². The van der Waals surface area contributed by atoms with Crippen LogP contribution in [0.4, 0.5) is 0 Å². The van der Waals surface area contributed by atoms with E-state index in [-0.39, 0.29) is 0 Å². The van der Waals surface area contributed by atoms with Crippen LogP contribution in [-0.2, 0) is 6.54 Å². The van der Waals surface area contributed by atoms with Crippen LogP contribution in [0.15, 0.2) is 18.2 Å². The van der Waals surface area contributed by atoms with E-state index in [9.17, 15) is 0 Å². The summed E-state index contributed by atoms with van der Waals surface area (Å²) in [6.07, 6.45) is 0. The Morgan fingerprint density at radius 3 is 2.71 bits per heavy atom. The molecule has 17 heavy (non-hydrogen) atoms. The summed E-state index contributed by atoms with van der Waals surface area (Å²) in [6.45, 7) is 8.38. The number of hydrogen-bond acceptors (Lipinski definition) is 3. The van der Waals surface area contributed by atoms with Gasteiger partial charge >= 0.3 is 0 Å². The molecule has 0 bridgehead atoms. The number of ether oxygens (including phenoxy) is 1. The lowest BCUT2D eigenvalue weighted by molar-refractivity contribution is 0.349. The third-order valence-electron chi connectivity index (χ3n) is 3.00. The summed E-state index contributed by atoms with van der Waals surface area (Å²) in [7, 11) is 3.85. The zero-order valence-corrected chi connectivity index (χ0v) is 11.4. The van der Waals surface area contributed by atoms with Crippen LogP contribution in [0.3, 0.4) is 0 Å². The van der Waals surface area contributed by atoms with Gasteiger partial charge in [0.1, 0.15) is 5.75 Å². The van der Waals surface area contributed by atoms with Gasteiger partial charge in [0.05, 0.1) is 7.11 Å². The normalized spacial score (nSPS) is 10.9. The van der Waals surface area contributed by atoms with E-state index in [0.717, 1.165) is 31.9 Å². The molecule has 0 saturated carbocycles. The van der Waals surface area contributed by atoms with Crippen molar-refractivity contribution < 1.29 is 4.74 Å². The van der Waals surface area contributed by atoms with Crippen molar-refractivity contribution in [2.45, 2.75) is 20.4 Å². The van der Waals surface area contributed by atoms with Crippen molar-refractivity contribution in [1.29, 1.82) is 0 Å². The molecule has 0 spiro atoms. The quantitative estimate of drug-likeness (QED) is 0.733. The van der Waals surface area contributed by atoms with E-state index < -0.39 is 0 Å². The number of hydrogen-bond donors (Lipinski definition) is 1. The highest BCUT2D eigenvalue weighted by molar-refractivity contribution is 5.36. The summed E-state index contributed by atoms with van der Waals surface area (Å²) in [6, 6.07) is 6.32. The minimum atomic E-state index is 0.919. The van der Waals surface area contributed by atoms with E-state index in [0.29, 0.717) is 0 Å². The van der Waals surface area contributed by atoms with E-state index in [1.165, 1.54) is 11.1 Å². The molecule has 3 heteroatoms. The van der Waals surface area contributed by atoms with Gasteiger partial charge in [-0.15, -0.1) is 0 Å². The number of nitrogens with one attached hydrogen (secondary N) is 1. The summed E-state index contributed by atoms with van der Waals surface area (Å²) in [4.78, 5) is 2.30. The monoisotopic (exact) mass is 236 g/mol. The van der Waals surface area contributed by atoms with Crippen molar-refractivity contribution in [3.63, 3.8) is 0 Å². The summed E-state index contributed by atoms with van der Waals surface area (Å²) in [5, 5.41) is 3.45. The zero-order chi connectivity index (χ0) is 12.7. The van der Waals surface area contributed by atoms with Crippen LogP contribution < -0.4 is 10.1 Å². The Morgan fingerprint density at radius 1 is 1.35 bits per heavy atom. The smallest absolute Gasteiger partial charge is 0.121 e. The topological polar surface area (TPSA) is 24.5 Å². The van der Waals surface area contributed by atoms with Gasteiger partial charge in [-0.25, -0.2) is 0 Å². The molecule has 0 aromatic heterocycles. The second-order valence-electron chi connectivity index (χ2n) is 4.38.